The Morgan fingerprint density at radius 2 is 1.79 bits per heavy atom. The van der Waals surface area contributed by atoms with Crippen LogP contribution >= 0.6 is 15.9 Å². The molecule has 1 atom stereocenters. The number of esters is 1. The van der Waals surface area contributed by atoms with Crippen molar-refractivity contribution in [1.82, 2.24) is 0 Å². The smallest absolute Gasteiger partial charge is 0.311 e. The number of hydrogen-bond donors (Lipinski definition) is 1. The Bertz CT molecular complexity index is 891. The van der Waals surface area contributed by atoms with Gasteiger partial charge in [-0.05, 0) is 61.4 Å². The number of benzene rings is 2. The van der Waals surface area contributed by atoms with Crippen LogP contribution in [-0.2, 0) is 19.1 Å². The van der Waals surface area contributed by atoms with E-state index < -0.39 is 17.8 Å². The molecule has 0 unspecified atom stereocenters. The molecule has 28 heavy (non-hydrogen) atoms. The lowest BCUT2D eigenvalue weighted by Crippen LogP contribution is -2.28. The number of carbonyl (C=O) groups excluding carboxylic acids is 3. The minimum atomic E-state index is -0.575. The Morgan fingerprint density at radius 3 is 2.43 bits per heavy atom. The van der Waals surface area contributed by atoms with E-state index in [2.05, 4.69) is 21.2 Å². The van der Waals surface area contributed by atoms with Crippen molar-refractivity contribution in [3.8, 4) is 0 Å². The first kappa shape index (κ1) is 20.1. The third kappa shape index (κ3) is 4.98. The number of rotatable bonds is 5. The van der Waals surface area contributed by atoms with Gasteiger partial charge in [-0.15, -0.1) is 0 Å². The van der Waals surface area contributed by atoms with Crippen molar-refractivity contribution in [3.05, 3.63) is 58.1 Å². The van der Waals surface area contributed by atoms with Crippen molar-refractivity contribution in [1.29, 1.82) is 0 Å². The molecule has 1 saturated heterocycles. The van der Waals surface area contributed by atoms with Gasteiger partial charge in [0.1, 0.15) is 0 Å². The molecule has 0 radical (unpaired) electrons. The predicted molar refractivity (Wildman–Crippen MR) is 110 cm³/mol. The molecule has 0 aromatic heterocycles. The molecule has 6 nitrogen and oxygen atoms in total. The summed E-state index contributed by atoms with van der Waals surface area (Å²) in [5, 5.41) is 2.66. The fourth-order valence-electron chi connectivity index (χ4n) is 3.21. The Hall–Kier alpha value is -2.67. The van der Waals surface area contributed by atoms with Crippen molar-refractivity contribution < 1.29 is 19.1 Å². The first-order chi connectivity index (χ1) is 13.3. The van der Waals surface area contributed by atoms with E-state index in [9.17, 15) is 14.4 Å². The third-order valence-corrected chi connectivity index (χ3v) is 4.98. The molecule has 1 heterocycles. The van der Waals surface area contributed by atoms with Gasteiger partial charge in [0, 0.05) is 28.8 Å². The summed E-state index contributed by atoms with van der Waals surface area (Å²) < 4.78 is 6.02. The van der Waals surface area contributed by atoms with Gasteiger partial charge in [0.15, 0.2) is 6.61 Å². The maximum absolute atomic E-state index is 12.4. The average Bonchev–Trinajstić information content (AvgIpc) is 3.03. The molecule has 0 bridgehead atoms. The molecule has 1 aliphatic heterocycles. The lowest BCUT2D eigenvalue weighted by molar-refractivity contribution is -0.151. The minimum absolute atomic E-state index is 0.0835. The van der Waals surface area contributed by atoms with Crippen LogP contribution < -0.4 is 10.2 Å². The standard InChI is InChI=1S/C21H21BrN2O4/c1-13-7-14(2)9-18(8-13)24-11-15(10-20(24)26)21(27)28-12-19(25)23-17-5-3-16(22)4-6-17/h3-9,15H,10-12H2,1-2H3,(H,23,25)/t15-/m0/s1. The van der Waals surface area contributed by atoms with E-state index in [4.69, 9.17) is 4.74 Å². The molecule has 2 aromatic carbocycles. The topological polar surface area (TPSA) is 75.7 Å². The minimum Gasteiger partial charge on any atom is -0.455 e. The Labute approximate surface area is 172 Å². The van der Waals surface area contributed by atoms with Crippen molar-refractivity contribution in [2.45, 2.75) is 20.3 Å². The number of nitrogens with zero attached hydrogens (tertiary/aromatic N) is 1. The number of ether oxygens (including phenoxy) is 1. The monoisotopic (exact) mass is 444 g/mol. The summed E-state index contributed by atoms with van der Waals surface area (Å²) in [4.78, 5) is 38.2. The molecule has 0 spiro atoms. The Morgan fingerprint density at radius 1 is 1.14 bits per heavy atom. The quantitative estimate of drug-likeness (QED) is 0.714. The summed E-state index contributed by atoms with van der Waals surface area (Å²) in [6.07, 6.45) is 0.0835. The second-order valence-corrected chi connectivity index (χ2v) is 7.83. The molecule has 1 N–H and O–H groups in total. The van der Waals surface area contributed by atoms with Crippen molar-refractivity contribution in [2.75, 3.05) is 23.4 Å². The number of nitrogens with one attached hydrogen (secondary N) is 1. The predicted octanol–water partition coefficient (Wildman–Crippen LogP) is 3.60. The summed E-state index contributed by atoms with van der Waals surface area (Å²) >= 11 is 3.32. The molecule has 0 saturated carbocycles. The average molecular weight is 445 g/mol. The summed E-state index contributed by atoms with van der Waals surface area (Å²) in [5.41, 5.74) is 3.50. The van der Waals surface area contributed by atoms with Crippen LogP contribution in [0.3, 0.4) is 0 Å². The van der Waals surface area contributed by atoms with Crippen LogP contribution in [0, 0.1) is 19.8 Å². The zero-order chi connectivity index (χ0) is 20.3. The van der Waals surface area contributed by atoms with Gasteiger partial charge in [-0.3, -0.25) is 14.4 Å². The molecule has 2 aromatic rings. The van der Waals surface area contributed by atoms with Crippen molar-refractivity contribution >= 4 is 45.1 Å². The van der Waals surface area contributed by atoms with Crippen LogP contribution in [-0.4, -0.2) is 30.9 Å². The summed E-state index contributed by atoms with van der Waals surface area (Å²) in [6, 6.07) is 12.9. The fourth-order valence-corrected chi connectivity index (χ4v) is 3.47. The second kappa shape index (κ2) is 8.56. The number of hydrogen-bond acceptors (Lipinski definition) is 4. The molecule has 7 heteroatoms. The van der Waals surface area contributed by atoms with Gasteiger partial charge in [-0.1, -0.05) is 22.0 Å². The van der Waals surface area contributed by atoms with Crippen LogP contribution in [0.15, 0.2) is 46.9 Å². The van der Waals surface area contributed by atoms with Crippen molar-refractivity contribution in [3.63, 3.8) is 0 Å². The third-order valence-electron chi connectivity index (χ3n) is 4.45. The normalized spacial score (nSPS) is 16.2. The zero-order valence-corrected chi connectivity index (χ0v) is 17.3. The first-order valence-electron chi connectivity index (χ1n) is 8.92. The zero-order valence-electron chi connectivity index (χ0n) is 15.7. The van der Waals surface area contributed by atoms with Gasteiger partial charge in [0.2, 0.25) is 5.91 Å². The summed E-state index contributed by atoms with van der Waals surface area (Å²) in [7, 11) is 0. The van der Waals surface area contributed by atoms with Crippen molar-refractivity contribution in [2.24, 2.45) is 5.92 Å². The van der Waals surface area contributed by atoms with E-state index in [1.54, 1.807) is 29.2 Å². The first-order valence-corrected chi connectivity index (χ1v) is 9.72. The lowest BCUT2D eigenvalue weighted by atomic mass is 10.1. The molecule has 2 amide bonds. The van der Waals surface area contributed by atoms with E-state index in [0.717, 1.165) is 21.3 Å². The van der Waals surface area contributed by atoms with Crippen LogP contribution in [0.2, 0.25) is 0 Å². The molecule has 1 fully saturated rings. The lowest BCUT2D eigenvalue weighted by Gasteiger charge is -2.18. The summed E-state index contributed by atoms with van der Waals surface area (Å²) in [6.45, 7) is 3.80. The fraction of sp³-hybridized carbons (Fsp3) is 0.286. The highest BCUT2D eigenvalue weighted by Gasteiger charge is 2.36. The number of amides is 2. The van der Waals surface area contributed by atoms with Gasteiger partial charge in [-0.25, -0.2) is 0 Å². The number of halogens is 1. The second-order valence-electron chi connectivity index (χ2n) is 6.91. The van der Waals surface area contributed by atoms with Gasteiger partial charge in [-0.2, -0.15) is 0 Å². The van der Waals surface area contributed by atoms with E-state index in [1.165, 1.54) is 0 Å². The van der Waals surface area contributed by atoms with Gasteiger partial charge in [0.25, 0.3) is 5.91 Å². The van der Waals surface area contributed by atoms with Crippen LogP contribution in [0.5, 0.6) is 0 Å². The molecule has 146 valence electrons. The highest BCUT2D eigenvalue weighted by atomic mass is 79.9. The molecular formula is C21H21BrN2O4. The maximum Gasteiger partial charge on any atom is 0.311 e. The molecule has 1 aliphatic rings. The molecule has 3 rings (SSSR count). The summed E-state index contributed by atoms with van der Waals surface area (Å²) in [5.74, 6) is -1.66. The Kier molecular flexibility index (Phi) is 6.14. The highest BCUT2D eigenvalue weighted by Crippen LogP contribution is 2.27. The van der Waals surface area contributed by atoms with E-state index in [0.29, 0.717) is 5.69 Å². The van der Waals surface area contributed by atoms with E-state index >= 15 is 0 Å². The maximum atomic E-state index is 12.4. The number of carbonyl (C=O) groups is 3. The molecular weight excluding hydrogens is 424 g/mol. The highest BCUT2D eigenvalue weighted by molar-refractivity contribution is 9.10. The SMILES string of the molecule is Cc1cc(C)cc(N2C[C@@H](C(=O)OCC(=O)Nc3ccc(Br)cc3)CC2=O)c1. The van der Waals surface area contributed by atoms with E-state index in [-0.39, 0.29) is 25.5 Å². The Balaban J connectivity index is 1.54. The van der Waals surface area contributed by atoms with Gasteiger partial charge >= 0.3 is 5.97 Å². The number of anilines is 2. The number of aryl methyl sites for hydroxylation is 2. The van der Waals surface area contributed by atoms with Gasteiger partial charge < -0.3 is 15.0 Å². The molecule has 0 aliphatic carbocycles. The van der Waals surface area contributed by atoms with E-state index in [1.807, 2.05) is 32.0 Å². The van der Waals surface area contributed by atoms with Crippen LogP contribution in [0.25, 0.3) is 0 Å². The van der Waals surface area contributed by atoms with Gasteiger partial charge in [0.05, 0.1) is 5.92 Å². The van der Waals surface area contributed by atoms with Crippen LogP contribution in [0.4, 0.5) is 11.4 Å². The largest absolute Gasteiger partial charge is 0.455 e. The van der Waals surface area contributed by atoms with Crippen LogP contribution in [0.1, 0.15) is 17.5 Å².